The van der Waals surface area contributed by atoms with E-state index in [9.17, 15) is 0 Å². The number of aromatic nitrogens is 2. The first-order chi connectivity index (χ1) is 7.79. The van der Waals surface area contributed by atoms with Crippen LogP contribution in [0.15, 0.2) is 23.7 Å². The van der Waals surface area contributed by atoms with Crippen LogP contribution in [0.5, 0.6) is 0 Å². The first-order valence-corrected chi connectivity index (χ1v) is 6.76. The van der Waals surface area contributed by atoms with Crippen molar-refractivity contribution in [3.63, 3.8) is 0 Å². The van der Waals surface area contributed by atoms with Crippen molar-refractivity contribution in [3.05, 3.63) is 33.9 Å². The highest BCUT2D eigenvalue weighted by Crippen LogP contribution is 2.34. The third-order valence-corrected chi connectivity index (χ3v) is 4.47. The van der Waals surface area contributed by atoms with Crippen molar-refractivity contribution in [3.8, 4) is 10.6 Å². The normalized spacial score (nSPS) is 11.4. The van der Waals surface area contributed by atoms with Gasteiger partial charge in [-0.15, -0.1) is 22.7 Å². The molecule has 0 fully saturated rings. The van der Waals surface area contributed by atoms with Crippen LogP contribution in [-0.4, -0.2) is 9.38 Å². The van der Waals surface area contributed by atoms with Crippen molar-refractivity contribution in [2.75, 3.05) is 0 Å². The number of imidazole rings is 1. The fraction of sp³-hybridized carbons (Fsp3) is 0.100. The van der Waals surface area contributed by atoms with Crippen LogP contribution in [0.2, 0.25) is 4.34 Å². The maximum atomic E-state index is 5.95. The van der Waals surface area contributed by atoms with Gasteiger partial charge < -0.3 is 5.73 Å². The van der Waals surface area contributed by atoms with Crippen LogP contribution in [0.4, 0.5) is 0 Å². The number of fused-ring (bicyclic) bond motifs is 1. The Bertz CT molecular complexity index is 637. The number of halogens is 1. The summed E-state index contributed by atoms with van der Waals surface area (Å²) in [6, 6.07) is 3.93. The zero-order valence-electron chi connectivity index (χ0n) is 8.18. The number of thiophene rings is 1. The van der Waals surface area contributed by atoms with E-state index >= 15 is 0 Å². The van der Waals surface area contributed by atoms with Crippen LogP contribution in [0.1, 0.15) is 5.82 Å². The van der Waals surface area contributed by atoms with Gasteiger partial charge in [0, 0.05) is 5.38 Å². The minimum absolute atomic E-state index is 0.441. The molecular weight excluding hydrogens is 262 g/mol. The predicted molar refractivity (Wildman–Crippen MR) is 69.3 cm³/mol. The van der Waals surface area contributed by atoms with Crippen molar-refractivity contribution >= 4 is 39.1 Å². The summed E-state index contributed by atoms with van der Waals surface area (Å²) in [6.07, 6.45) is 1.85. The van der Waals surface area contributed by atoms with Gasteiger partial charge in [0.05, 0.1) is 27.6 Å². The van der Waals surface area contributed by atoms with Crippen molar-refractivity contribution in [2.45, 2.75) is 6.54 Å². The SMILES string of the molecule is NCc1ncc2scc(-c3ccc(Cl)s3)n12. The smallest absolute Gasteiger partial charge is 0.128 e. The number of hydrogen-bond acceptors (Lipinski definition) is 4. The number of nitrogens with two attached hydrogens (primary N) is 1. The molecule has 0 aliphatic heterocycles. The molecule has 0 unspecified atom stereocenters. The lowest BCUT2D eigenvalue weighted by Crippen LogP contribution is -2.02. The summed E-state index contributed by atoms with van der Waals surface area (Å²) in [7, 11) is 0. The minimum Gasteiger partial charge on any atom is -0.324 e. The zero-order valence-corrected chi connectivity index (χ0v) is 10.6. The molecule has 0 saturated carbocycles. The fourth-order valence-corrected chi connectivity index (χ4v) is 3.66. The molecule has 3 aromatic heterocycles. The molecule has 0 aliphatic carbocycles. The highest BCUT2D eigenvalue weighted by Gasteiger charge is 2.12. The van der Waals surface area contributed by atoms with Crippen molar-refractivity contribution < 1.29 is 0 Å². The fourth-order valence-electron chi connectivity index (χ4n) is 1.65. The molecule has 3 nitrogen and oxygen atoms in total. The molecule has 3 rings (SSSR count). The molecular formula is C10H8ClN3S2. The van der Waals surface area contributed by atoms with Crippen LogP contribution in [0.3, 0.4) is 0 Å². The molecule has 3 aromatic rings. The molecule has 0 aliphatic rings. The Balaban J connectivity index is 2.26. The molecule has 0 aromatic carbocycles. The molecule has 82 valence electrons. The van der Waals surface area contributed by atoms with Gasteiger partial charge in [0.1, 0.15) is 10.7 Å². The van der Waals surface area contributed by atoms with Crippen LogP contribution >= 0.6 is 34.3 Å². The van der Waals surface area contributed by atoms with Crippen LogP contribution in [0.25, 0.3) is 15.4 Å². The van der Waals surface area contributed by atoms with Crippen molar-refractivity contribution in [1.82, 2.24) is 9.38 Å². The number of nitrogens with zero attached hydrogens (tertiary/aromatic N) is 2. The Morgan fingerprint density at radius 2 is 2.31 bits per heavy atom. The van der Waals surface area contributed by atoms with E-state index in [2.05, 4.69) is 14.8 Å². The van der Waals surface area contributed by atoms with E-state index < -0.39 is 0 Å². The van der Waals surface area contributed by atoms with Crippen molar-refractivity contribution in [1.29, 1.82) is 0 Å². The van der Waals surface area contributed by atoms with Gasteiger partial charge in [-0.05, 0) is 12.1 Å². The lowest BCUT2D eigenvalue weighted by atomic mass is 10.4. The summed E-state index contributed by atoms with van der Waals surface area (Å²) in [4.78, 5) is 6.54. The zero-order chi connectivity index (χ0) is 11.1. The van der Waals surface area contributed by atoms with E-state index in [-0.39, 0.29) is 0 Å². The third kappa shape index (κ3) is 1.48. The quantitative estimate of drug-likeness (QED) is 0.776. The van der Waals surface area contributed by atoms with E-state index in [1.54, 1.807) is 22.7 Å². The monoisotopic (exact) mass is 269 g/mol. The van der Waals surface area contributed by atoms with Crippen LogP contribution in [0, 0.1) is 0 Å². The molecule has 0 radical (unpaired) electrons. The third-order valence-electron chi connectivity index (χ3n) is 2.34. The van der Waals surface area contributed by atoms with Gasteiger partial charge in [-0.2, -0.15) is 0 Å². The predicted octanol–water partition coefficient (Wildman–Crippen LogP) is 3.24. The highest BCUT2D eigenvalue weighted by atomic mass is 35.5. The molecule has 0 saturated heterocycles. The second-order valence-electron chi connectivity index (χ2n) is 3.28. The topological polar surface area (TPSA) is 43.3 Å². The first-order valence-electron chi connectivity index (χ1n) is 4.69. The lowest BCUT2D eigenvalue weighted by molar-refractivity contribution is 0.912. The second-order valence-corrected chi connectivity index (χ2v) is 5.88. The van der Waals surface area contributed by atoms with Gasteiger partial charge in [-0.3, -0.25) is 4.40 Å². The Hall–Kier alpha value is -0.880. The van der Waals surface area contributed by atoms with Crippen LogP contribution < -0.4 is 5.73 Å². The summed E-state index contributed by atoms with van der Waals surface area (Å²) < 4.78 is 2.89. The molecule has 16 heavy (non-hydrogen) atoms. The van der Waals surface area contributed by atoms with E-state index in [1.807, 2.05) is 18.3 Å². The van der Waals surface area contributed by atoms with E-state index in [1.165, 1.54) is 0 Å². The Morgan fingerprint density at radius 1 is 1.44 bits per heavy atom. The average Bonchev–Trinajstić information content (AvgIpc) is 2.92. The van der Waals surface area contributed by atoms with E-state index in [0.717, 1.165) is 25.6 Å². The maximum Gasteiger partial charge on any atom is 0.128 e. The standard InChI is InChI=1S/C10H8ClN3S2/c11-8-2-1-7(16-8)6-5-15-10-4-13-9(3-12)14(6)10/h1-2,4-5H,3,12H2. The number of hydrogen-bond donors (Lipinski definition) is 1. The van der Waals surface area contributed by atoms with E-state index in [0.29, 0.717) is 6.54 Å². The minimum atomic E-state index is 0.441. The second kappa shape index (κ2) is 3.85. The number of rotatable bonds is 2. The van der Waals surface area contributed by atoms with Crippen molar-refractivity contribution in [2.24, 2.45) is 5.73 Å². The van der Waals surface area contributed by atoms with Crippen LogP contribution in [-0.2, 0) is 6.54 Å². The van der Waals surface area contributed by atoms with Gasteiger partial charge in [-0.1, -0.05) is 11.6 Å². The molecule has 6 heteroatoms. The number of thiazole rings is 1. The summed E-state index contributed by atoms with van der Waals surface area (Å²) in [5, 5.41) is 2.11. The molecule has 3 heterocycles. The first kappa shape index (κ1) is 10.3. The molecule has 2 N–H and O–H groups in total. The molecule has 0 amide bonds. The lowest BCUT2D eigenvalue weighted by Gasteiger charge is -1.98. The summed E-state index contributed by atoms with van der Waals surface area (Å²) in [5.41, 5.74) is 6.79. The van der Waals surface area contributed by atoms with Gasteiger partial charge in [0.25, 0.3) is 0 Å². The summed E-state index contributed by atoms with van der Waals surface area (Å²) in [6.45, 7) is 0.441. The molecule has 0 spiro atoms. The van der Waals surface area contributed by atoms with Gasteiger partial charge >= 0.3 is 0 Å². The Labute approximate surface area is 105 Å². The Kier molecular flexibility index (Phi) is 2.48. The van der Waals surface area contributed by atoms with Gasteiger partial charge in [0.2, 0.25) is 0 Å². The molecule has 0 atom stereocenters. The summed E-state index contributed by atoms with van der Waals surface area (Å²) >= 11 is 9.18. The maximum absolute atomic E-state index is 5.95. The molecule has 0 bridgehead atoms. The van der Waals surface area contributed by atoms with Gasteiger partial charge in [0.15, 0.2) is 0 Å². The largest absolute Gasteiger partial charge is 0.324 e. The Morgan fingerprint density at radius 3 is 3.00 bits per heavy atom. The van der Waals surface area contributed by atoms with E-state index in [4.69, 9.17) is 17.3 Å². The highest BCUT2D eigenvalue weighted by molar-refractivity contribution is 7.20. The summed E-state index contributed by atoms with van der Waals surface area (Å²) in [5.74, 6) is 0.885. The average molecular weight is 270 g/mol. The van der Waals surface area contributed by atoms with Gasteiger partial charge in [-0.25, -0.2) is 4.98 Å².